The van der Waals surface area contributed by atoms with Crippen LogP contribution in [0.25, 0.3) is 32.3 Å². The van der Waals surface area contributed by atoms with E-state index in [0.29, 0.717) is 0 Å². The lowest BCUT2D eigenvalue weighted by Gasteiger charge is -2.29. The second-order valence-electron chi connectivity index (χ2n) is 11.1. The smallest absolute Gasteiger partial charge is 0.0540 e. The van der Waals surface area contributed by atoms with Gasteiger partial charge in [-0.2, -0.15) is 0 Å². The molecule has 0 spiro atoms. The SMILES string of the molecule is c1ccc(N(c2ccccc2)c2ccc(N(c3ccccc3)c3cccc4c3ccc3cc5ccccc5cc34)cc2)cc1. The summed E-state index contributed by atoms with van der Waals surface area (Å²) in [6.07, 6.45) is 0. The van der Waals surface area contributed by atoms with Crippen molar-refractivity contribution in [1.82, 2.24) is 0 Å². The molecule has 8 aromatic rings. The second kappa shape index (κ2) is 11.1. The van der Waals surface area contributed by atoms with E-state index in [1.54, 1.807) is 0 Å². The van der Waals surface area contributed by atoms with Crippen LogP contribution in [-0.4, -0.2) is 0 Å². The van der Waals surface area contributed by atoms with E-state index in [4.69, 9.17) is 0 Å². The molecule has 0 saturated carbocycles. The van der Waals surface area contributed by atoms with Crippen molar-refractivity contribution in [2.75, 3.05) is 9.80 Å². The van der Waals surface area contributed by atoms with Crippen LogP contribution in [0.3, 0.4) is 0 Å². The van der Waals surface area contributed by atoms with E-state index in [-0.39, 0.29) is 0 Å². The quantitative estimate of drug-likeness (QED) is 0.147. The fraction of sp³-hybridized carbons (Fsp3) is 0. The lowest BCUT2D eigenvalue weighted by atomic mass is 9.97. The molecular weight excluding hydrogens is 532 g/mol. The van der Waals surface area contributed by atoms with Gasteiger partial charge in [-0.3, -0.25) is 0 Å². The van der Waals surface area contributed by atoms with Crippen LogP contribution in [0.2, 0.25) is 0 Å². The molecule has 0 aromatic heterocycles. The van der Waals surface area contributed by atoms with Gasteiger partial charge in [-0.1, -0.05) is 103 Å². The van der Waals surface area contributed by atoms with Crippen molar-refractivity contribution in [2.24, 2.45) is 0 Å². The fourth-order valence-corrected chi connectivity index (χ4v) is 6.32. The van der Waals surface area contributed by atoms with Crippen molar-refractivity contribution in [3.8, 4) is 0 Å². The maximum atomic E-state index is 2.37. The average molecular weight is 563 g/mol. The lowest BCUT2D eigenvalue weighted by Crippen LogP contribution is -2.12. The van der Waals surface area contributed by atoms with Crippen molar-refractivity contribution in [3.05, 3.63) is 182 Å². The van der Waals surface area contributed by atoms with Gasteiger partial charge in [-0.15, -0.1) is 0 Å². The van der Waals surface area contributed by atoms with Crippen LogP contribution in [0.4, 0.5) is 34.1 Å². The third-order valence-corrected chi connectivity index (χ3v) is 8.37. The first-order valence-electron chi connectivity index (χ1n) is 15.0. The van der Waals surface area contributed by atoms with Gasteiger partial charge in [0.25, 0.3) is 0 Å². The molecule has 0 radical (unpaired) electrons. The number of anilines is 6. The normalized spacial score (nSPS) is 11.2. The summed E-state index contributed by atoms with van der Waals surface area (Å²) in [5, 5.41) is 7.52. The maximum absolute atomic E-state index is 2.37. The molecule has 44 heavy (non-hydrogen) atoms. The molecule has 8 aromatic carbocycles. The topological polar surface area (TPSA) is 6.48 Å². The Kier molecular flexibility index (Phi) is 6.51. The number of para-hydroxylation sites is 3. The molecule has 0 amide bonds. The highest BCUT2D eigenvalue weighted by Gasteiger charge is 2.18. The summed E-state index contributed by atoms with van der Waals surface area (Å²) in [7, 11) is 0. The molecule has 0 bridgehead atoms. The van der Waals surface area contributed by atoms with Crippen LogP contribution < -0.4 is 9.80 Å². The Morgan fingerprint density at radius 3 is 1.32 bits per heavy atom. The number of hydrogen-bond acceptors (Lipinski definition) is 2. The first-order valence-corrected chi connectivity index (χ1v) is 15.0. The summed E-state index contributed by atoms with van der Waals surface area (Å²) in [6.45, 7) is 0. The predicted molar refractivity (Wildman–Crippen MR) is 188 cm³/mol. The van der Waals surface area contributed by atoms with E-state index < -0.39 is 0 Å². The summed E-state index contributed by atoms with van der Waals surface area (Å²) in [5.41, 5.74) is 6.73. The molecule has 8 rings (SSSR count). The molecule has 0 aliphatic carbocycles. The Balaban J connectivity index is 1.28. The zero-order valence-electron chi connectivity index (χ0n) is 24.2. The Labute approximate surface area is 257 Å². The molecule has 208 valence electrons. The molecular formula is C42H30N2. The van der Waals surface area contributed by atoms with Crippen molar-refractivity contribution < 1.29 is 0 Å². The predicted octanol–water partition coefficient (Wildman–Crippen LogP) is 12.1. The molecule has 0 atom stereocenters. The van der Waals surface area contributed by atoms with Gasteiger partial charge in [0.15, 0.2) is 0 Å². The minimum Gasteiger partial charge on any atom is -0.311 e. The van der Waals surface area contributed by atoms with Gasteiger partial charge in [0.2, 0.25) is 0 Å². The van der Waals surface area contributed by atoms with E-state index in [9.17, 15) is 0 Å². The Morgan fingerprint density at radius 1 is 0.250 bits per heavy atom. The second-order valence-corrected chi connectivity index (χ2v) is 11.1. The molecule has 0 unspecified atom stereocenters. The van der Waals surface area contributed by atoms with Crippen LogP contribution in [0.5, 0.6) is 0 Å². The first-order chi connectivity index (χ1) is 21.8. The van der Waals surface area contributed by atoms with Crippen LogP contribution in [0, 0.1) is 0 Å². The van der Waals surface area contributed by atoms with Gasteiger partial charge >= 0.3 is 0 Å². The molecule has 0 N–H and O–H groups in total. The van der Waals surface area contributed by atoms with E-state index in [2.05, 4.69) is 192 Å². The van der Waals surface area contributed by atoms with Gasteiger partial charge in [0, 0.05) is 33.8 Å². The Hall–Kier alpha value is -5.86. The van der Waals surface area contributed by atoms with Crippen LogP contribution in [0.15, 0.2) is 182 Å². The van der Waals surface area contributed by atoms with Crippen molar-refractivity contribution in [3.63, 3.8) is 0 Å². The molecule has 0 saturated heterocycles. The van der Waals surface area contributed by atoms with Crippen molar-refractivity contribution in [2.45, 2.75) is 0 Å². The van der Waals surface area contributed by atoms with Crippen LogP contribution in [-0.2, 0) is 0 Å². The molecule has 0 heterocycles. The summed E-state index contributed by atoms with van der Waals surface area (Å²) in [6, 6.07) is 65.1. The van der Waals surface area contributed by atoms with Gasteiger partial charge in [0.1, 0.15) is 0 Å². The molecule has 0 aliphatic rings. The highest BCUT2D eigenvalue weighted by Crippen LogP contribution is 2.42. The van der Waals surface area contributed by atoms with Crippen LogP contribution in [0.1, 0.15) is 0 Å². The molecule has 0 aliphatic heterocycles. The zero-order chi connectivity index (χ0) is 29.3. The lowest BCUT2D eigenvalue weighted by molar-refractivity contribution is 1.26. The van der Waals surface area contributed by atoms with Gasteiger partial charge in [-0.05, 0) is 106 Å². The van der Waals surface area contributed by atoms with E-state index >= 15 is 0 Å². The minimum atomic E-state index is 1.10. The Bertz CT molecular complexity index is 2170. The number of benzene rings is 8. The van der Waals surface area contributed by atoms with E-state index in [1.165, 1.54) is 32.3 Å². The zero-order valence-corrected chi connectivity index (χ0v) is 24.2. The summed E-state index contributed by atoms with van der Waals surface area (Å²) >= 11 is 0. The van der Waals surface area contributed by atoms with Gasteiger partial charge < -0.3 is 9.80 Å². The molecule has 2 nitrogen and oxygen atoms in total. The summed E-state index contributed by atoms with van der Waals surface area (Å²) in [5.74, 6) is 0. The average Bonchev–Trinajstić information content (AvgIpc) is 3.10. The minimum absolute atomic E-state index is 1.10. The largest absolute Gasteiger partial charge is 0.311 e. The highest BCUT2D eigenvalue weighted by molar-refractivity contribution is 6.15. The monoisotopic (exact) mass is 562 g/mol. The first kappa shape index (κ1) is 25.8. The van der Waals surface area contributed by atoms with Gasteiger partial charge in [0.05, 0.1) is 5.69 Å². The van der Waals surface area contributed by atoms with E-state index in [1.807, 2.05) is 0 Å². The number of hydrogen-bond donors (Lipinski definition) is 0. The third kappa shape index (κ3) is 4.63. The Morgan fingerprint density at radius 2 is 0.727 bits per heavy atom. The van der Waals surface area contributed by atoms with Gasteiger partial charge in [-0.25, -0.2) is 0 Å². The van der Waals surface area contributed by atoms with E-state index in [0.717, 1.165) is 34.1 Å². The number of rotatable bonds is 6. The molecule has 2 heteroatoms. The highest BCUT2D eigenvalue weighted by atomic mass is 15.2. The standard InChI is InChI=1S/C42H30N2/c1-4-15-34(16-5-1)43(35-17-6-2-7-18-35)37-24-26-38(27-25-37)44(36-19-8-3-9-20-36)42-22-12-21-39-40(42)28-23-33-29-31-13-10-11-14-32(31)30-41(33)39/h1-30H. The summed E-state index contributed by atoms with van der Waals surface area (Å²) in [4.78, 5) is 4.67. The van der Waals surface area contributed by atoms with Crippen molar-refractivity contribution in [1.29, 1.82) is 0 Å². The third-order valence-electron chi connectivity index (χ3n) is 8.37. The van der Waals surface area contributed by atoms with Crippen molar-refractivity contribution >= 4 is 66.4 Å². The van der Waals surface area contributed by atoms with Crippen LogP contribution >= 0.6 is 0 Å². The number of nitrogens with zero attached hydrogens (tertiary/aromatic N) is 2. The number of fused-ring (bicyclic) bond motifs is 4. The fourth-order valence-electron chi connectivity index (χ4n) is 6.32. The summed E-state index contributed by atoms with van der Waals surface area (Å²) < 4.78 is 0. The maximum Gasteiger partial charge on any atom is 0.0540 e. The molecule has 0 fully saturated rings.